The number of amides is 3. The number of pyridine rings is 2. The van der Waals surface area contributed by atoms with E-state index in [4.69, 9.17) is 14.2 Å². The van der Waals surface area contributed by atoms with Crippen molar-refractivity contribution in [2.75, 3.05) is 45.8 Å². The molecule has 2 aromatic heterocycles. The van der Waals surface area contributed by atoms with Crippen LogP contribution >= 0.6 is 23.5 Å². The van der Waals surface area contributed by atoms with Gasteiger partial charge in [-0.2, -0.15) is 0 Å². The lowest BCUT2D eigenvalue weighted by Crippen LogP contribution is -2.46. The van der Waals surface area contributed by atoms with Crippen molar-refractivity contribution >= 4 is 41.2 Å². The van der Waals surface area contributed by atoms with Gasteiger partial charge in [-0.25, -0.2) is 18.7 Å². The van der Waals surface area contributed by atoms with Crippen LogP contribution in [0.5, 0.6) is 34.8 Å². The van der Waals surface area contributed by atoms with E-state index in [-0.39, 0.29) is 58.1 Å². The second kappa shape index (κ2) is 21.6. The van der Waals surface area contributed by atoms with Gasteiger partial charge in [-0.1, -0.05) is 12.1 Å². The predicted octanol–water partition coefficient (Wildman–Crippen LogP) is 7.70. The van der Waals surface area contributed by atoms with Gasteiger partial charge in [0, 0.05) is 41.0 Å². The molecule has 320 valence electrons. The Morgan fingerprint density at radius 2 is 1.21 bits per heavy atom. The van der Waals surface area contributed by atoms with Gasteiger partial charge in [0.25, 0.3) is 17.7 Å². The Bertz CT molecular complexity index is 2330. The first kappa shape index (κ1) is 44.6. The third-order valence-electron chi connectivity index (χ3n) is 9.86. The zero-order valence-electron chi connectivity index (χ0n) is 33.8. The number of thioether (sulfide) groups is 2. The van der Waals surface area contributed by atoms with Crippen LogP contribution in [0.15, 0.2) is 101 Å². The van der Waals surface area contributed by atoms with Crippen molar-refractivity contribution in [1.82, 2.24) is 30.8 Å². The number of carbonyl (C=O) groups is 3. The lowest BCUT2D eigenvalue weighted by molar-refractivity contribution is 0.0694. The lowest BCUT2D eigenvalue weighted by Gasteiger charge is -2.32. The van der Waals surface area contributed by atoms with Gasteiger partial charge in [-0.05, 0) is 112 Å². The van der Waals surface area contributed by atoms with Gasteiger partial charge < -0.3 is 40.2 Å². The molecule has 0 spiro atoms. The zero-order chi connectivity index (χ0) is 43.3. The summed E-state index contributed by atoms with van der Waals surface area (Å²) in [6.45, 7) is 2.50. The smallest absolute Gasteiger partial charge is 0.257 e. The summed E-state index contributed by atoms with van der Waals surface area (Å²) < 4.78 is 44.2. The lowest BCUT2D eigenvalue weighted by atomic mass is 10.0. The van der Waals surface area contributed by atoms with Crippen LogP contribution < -0.4 is 30.2 Å². The number of likely N-dealkylation sites (tertiary alicyclic amines) is 1. The van der Waals surface area contributed by atoms with Crippen LogP contribution in [0.2, 0.25) is 0 Å². The number of hydrogen-bond acceptors (Lipinski definition) is 12. The van der Waals surface area contributed by atoms with Crippen molar-refractivity contribution in [3.8, 4) is 34.8 Å². The summed E-state index contributed by atoms with van der Waals surface area (Å²) in [7, 11) is 1.48. The number of methoxy groups -OCH3 is 1. The van der Waals surface area contributed by atoms with Crippen LogP contribution in [0.4, 0.5) is 8.78 Å². The fourth-order valence-corrected chi connectivity index (χ4v) is 7.50. The van der Waals surface area contributed by atoms with E-state index in [9.17, 15) is 28.3 Å². The van der Waals surface area contributed by atoms with Gasteiger partial charge in [-0.15, -0.1) is 23.5 Å². The molecule has 0 aliphatic carbocycles. The molecule has 2 fully saturated rings. The minimum atomic E-state index is -0.648. The molecule has 2 aliphatic rings. The first-order valence-electron chi connectivity index (χ1n) is 19.5. The maximum absolute atomic E-state index is 14.0. The second-order valence-corrected chi connectivity index (χ2v) is 15.8. The quantitative estimate of drug-likeness (QED) is 0.0905. The number of aromatic hydroxyl groups is 1. The van der Waals surface area contributed by atoms with Crippen LogP contribution in [-0.2, 0) is 0 Å². The fourth-order valence-electron chi connectivity index (χ4n) is 6.60. The average molecular weight is 873 g/mol. The average Bonchev–Trinajstić information content (AvgIpc) is 3.28. The summed E-state index contributed by atoms with van der Waals surface area (Å²) >= 11 is 3.13. The number of aromatic nitrogens is 2. The molecular formula is C44H46F2N6O7S2. The Morgan fingerprint density at radius 3 is 1.69 bits per heavy atom. The number of nitrogens with one attached hydrogen (secondary N) is 3. The summed E-state index contributed by atoms with van der Waals surface area (Å²) in [5.74, 6) is -0.915. The Kier molecular flexibility index (Phi) is 15.8. The van der Waals surface area contributed by atoms with Gasteiger partial charge >= 0.3 is 0 Å². The molecule has 61 heavy (non-hydrogen) atoms. The molecule has 3 amide bonds. The molecule has 7 rings (SSSR count). The Balaban J connectivity index is 0.000000218. The largest absolute Gasteiger partial charge is 0.507 e. The Labute approximate surface area is 361 Å². The normalized spacial score (nSPS) is 14.3. The molecule has 4 heterocycles. The minimum Gasteiger partial charge on any atom is -0.507 e. The number of halogens is 2. The van der Waals surface area contributed by atoms with Crippen molar-refractivity contribution in [2.24, 2.45) is 0 Å². The zero-order valence-corrected chi connectivity index (χ0v) is 35.4. The summed E-state index contributed by atoms with van der Waals surface area (Å²) in [6, 6.07) is 21.4. The molecule has 17 heteroatoms. The highest BCUT2D eigenvalue weighted by molar-refractivity contribution is 7.98. The summed E-state index contributed by atoms with van der Waals surface area (Å²) in [5.41, 5.74) is 0.288. The number of phenolic OH excluding ortho intramolecular Hbond substituents is 1. The Hall–Kier alpha value is -5.91. The van der Waals surface area contributed by atoms with Crippen molar-refractivity contribution in [1.29, 1.82) is 0 Å². The maximum atomic E-state index is 14.0. The number of hydrogen-bond donors (Lipinski definition) is 4. The molecular weight excluding hydrogens is 827 g/mol. The molecule has 0 saturated carbocycles. The molecule has 0 radical (unpaired) electrons. The number of piperidine rings is 2. The number of ether oxygens (including phenoxy) is 3. The molecule has 4 N–H and O–H groups in total. The van der Waals surface area contributed by atoms with E-state index in [0.29, 0.717) is 43.2 Å². The standard InChI is InChI=1S/C26H26FN3O5S.C18H20FN3O2S/c1-34-18-6-7-21(23(31)14-18)26(33)30-10-8-17(9-11-30)29-24(32)22-12-16(27)15-28-25(22)35-19-4-3-5-20(13-19)36-2;1-25-15-4-2-3-14(10-15)24-18-16(9-12(19)11-21-18)17(23)22-13-5-7-20-8-6-13/h3-7,12-15,17,31H,8-11H2,1-2H3,(H,29,32);2-4,9-11,13,20H,5-8H2,1H3,(H,22,23). The molecule has 0 atom stereocenters. The van der Waals surface area contributed by atoms with E-state index in [1.165, 1.54) is 19.2 Å². The molecule has 2 aliphatic heterocycles. The SMILES string of the molecule is COc1ccc(C(=O)N2CCC(NC(=O)c3cc(F)cnc3Oc3cccc(SC)c3)CC2)c(O)c1.CSc1cccc(Oc2ncc(F)cc2C(=O)NC2CCNCC2)c1. The second-order valence-electron chi connectivity index (χ2n) is 14.0. The monoisotopic (exact) mass is 872 g/mol. The van der Waals surface area contributed by atoms with Gasteiger partial charge in [0.15, 0.2) is 0 Å². The molecule has 5 aromatic rings. The fraction of sp³-hybridized carbons (Fsp3) is 0.295. The third kappa shape index (κ3) is 12.3. The van der Waals surface area contributed by atoms with Gasteiger partial charge in [0.1, 0.15) is 45.8 Å². The summed E-state index contributed by atoms with van der Waals surface area (Å²) in [4.78, 5) is 50.0. The number of rotatable bonds is 12. The molecule has 3 aromatic carbocycles. The highest BCUT2D eigenvalue weighted by Gasteiger charge is 2.28. The van der Waals surface area contributed by atoms with Crippen LogP contribution in [0.1, 0.15) is 56.8 Å². The van der Waals surface area contributed by atoms with Crippen molar-refractivity contribution in [2.45, 2.75) is 47.6 Å². The molecule has 0 bridgehead atoms. The molecule has 13 nitrogen and oxygen atoms in total. The van der Waals surface area contributed by atoms with Gasteiger partial charge in [0.2, 0.25) is 11.8 Å². The van der Waals surface area contributed by atoms with Gasteiger partial charge in [-0.3, -0.25) is 14.4 Å². The summed E-state index contributed by atoms with van der Waals surface area (Å²) in [6.07, 6.45) is 8.66. The van der Waals surface area contributed by atoms with Crippen molar-refractivity contribution < 1.29 is 42.5 Å². The maximum Gasteiger partial charge on any atom is 0.257 e. The molecule has 0 unspecified atom stereocenters. The number of nitrogens with zero attached hydrogens (tertiary/aromatic N) is 3. The van der Waals surface area contributed by atoms with Crippen LogP contribution in [0, 0.1) is 11.6 Å². The highest BCUT2D eigenvalue weighted by Crippen LogP contribution is 2.30. The minimum absolute atomic E-state index is 0.00813. The highest BCUT2D eigenvalue weighted by atomic mass is 32.2. The van der Waals surface area contributed by atoms with E-state index in [0.717, 1.165) is 60.2 Å². The van der Waals surface area contributed by atoms with Gasteiger partial charge in [0.05, 0.1) is 25.1 Å². The van der Waals surface area contributed by atoms with Crippen LogP contribution in [-0.4, -0.2) is 95.6 Å². The molecule has 2 saturated heterocycles. The van der Waals surface area contributed by atoms with Crippen LogP contribution in [0.3, 0.4) is 0 Å². The van der Waals surface area contributed by atoms with E-state index in [1.54, 1.807) is 46.6 Å². The van der Waals surface area contributed by atoms with E-state index >= 15 is 0 Å². The predicted molar refractivity (Wildman–Crippen MR) is 229 cm³/mol. The first-order valence-corrected chi connectivity index (χ1v) is 21.9. The van der Waals surface area contributed by atoms with Crippen LogP contribution in [0.25, 0.3) is 0 Å². The van der Waals surface area contributed by atoms with Crippen molar-refractivity contribution in [3.63, 3.8) is 0 Å². The summed E-state index contributed by atoms with van der Waals surface area (Å²) in [5, 5.41) is 19.3. The van der Waals surface area contributed by atoms with Crippen molar-refractivity contribution in [3.05, 3.63) is 120 Å². The van der Waals surface area contributed by atoms with E-state index in [2.05, 4.69) is 25.9 Å². The van der Waals surface area contributed by atoms with E-state index in [1.807, 2.05) is 48.9 Å². The topological polar surface area (TPSA) is 164 Å². The first-order chi connectivity index (χ1) is 29.5. The van der Waals surface area contributed by atoms with E-state index < -0.39 is 17.5 Å². The third-order valence-corrected chi connectivity index (χ3v) is 11.3. The number of benzene rings is 3. The number of carbonyl (C=O) groups excluding carboxylic acids is 3. The number of phenols is 1. The Morgan fingerprint density at radius 1 is 0.705 bits per heavy atom.